The maximum absolute atomic E-state index is 13.0. The van der Waals surface area contributed by atoms with Gasteiger partial charge < -0.3 is 15.2 Å². The zero-order valence-electron chi connectivity index (χ0n) is 17.8. The van der Waals surface area contributed by atoms with E-state index < -0.39 is 23.9 Å². The molecule has 0 unspecified atom stereocenters. The summed E-state index contributed by atoms with van der Waals surface area (Å²) in [7, 11) is 0. The molecule has 2 aromatic rings. The zero-order chi connectivity index (χ0) is 24.2. The number of anilines is 1. The number of carboxylic acids is 1. The summed E-state index contributed by atoms with van der Waals surface area (Å²) in [5, 5.41) is 12.1. The molecule has 1 aliphatic heterocycles. The molecule has 1 aliphatic rings. The molecular weight excluding hydrogens is 461 g/mol. The summed E-state index contributed by atoms with van der Waals surface area (Å²) >= 11 is 1.28. The number of nitrogens with zero attached hydrogens (tertiary/aromatic N) is 1. The van der Waals surface area contributed by atoms with Gasteiger partial charge in [0.2, 0.25) is 5.91 Å². The van der Waals surface area contributed by atoms with E-state index in [2.05, 4.69) is 10.1 Å². The van der Waals surface area contributed by atoms with E-state index in [1.165, 1.54) is 23.5 Å². The maximum atomic E-state index is 13.0. The second-order valence-electron chi connectivity index (χ2n) is 7.64. The van der Waals surface area contributed by atoms with Crippen LogP contribution in [0.5, 0.6) is 5.75 Å². The molecule has 2 heterocycles. The number of likely N-dealkylation sites (tertiary alicyclic amines) is 1. The molecule has 0 atom stereocenters. The van der Waals surface area contributed by atoms with Crippen molar-refractivity contribution in [2.75, 3.05) is 25.0 Å². The highest BCUT2D eigenvalue weighted by atomic mass is 32.1. The summed E-state index contributed by atoms with van der Waals surface area (Å²) in [6.07, 6.45) is -3.16. The number of amides is 1. The van der Waals surface area contributed by atoms with Crippen LogP contribution in [-0.4, -0.2) is 53.7 Å². The number of hydrogen-bond acceptors (Lipinski definition) is 6. The average molecular weight is 484 g/mol. The molecule has 33 heavy (non-hydrogen) atoms. The fraction of sp³-hybridized carbons (Fsp3) is 0.409. The van der Waals surface area contributed by atoms with Crippen LogP contribution in [0.3, 0.4) is 0 Å². The number of halogens is 3. The Labute approximate surface area is 192 Å². The van der Waals surface area contributed by atoms with Crippen molar-refractivity contribution in [1.82, 2.24) is 4.90 Å². The Morgan fingerprint density at radius 2 is 1.82 bits per heavy atom. The largest absolute Gasteiger partial charge is 0.573 e. The minimum absolute atomic E-state index is 0.0649. The molecule has 1 saturated heterocycles. The van der Waals surface area contributed by atoms with Crippen LogP contribution < -0.4 is 10.1 Å². The zero-order valence-corrected chi connectivity index (χ0v) is 18.6. The van der Waals surface area contributed by atoms with Gasteiger partial charge in [-0.15, -0.1) is 24.5 Å². The highest BCUT2D eigenvalue weighted by Crippen LogP contribution is 2.32. The average Bonchev–Trinajstić information content (AvgIpc) is 3.15. The van der Waals surface area contributed by atoms with Gasteiger partial charge in [0.25, 0.3) is 0 Å². The van der Waals surface area contributed by atoms with Gasteiger partial charge in [-0.2, -0.15) is 0 Å². The first kappa shape index (κ1) is 24.7. The topological polar surface area (TPSA) is 95.9 Å². The highest BCUT2D eigenvalue weighted by Gasteiger charge is 2.31. The van der Waals surface area contributed by atoms with E-state index in [9.17, 15) is 27.6 Å². The van der Waals surface area contributed by atoms with Crippen LogP contribution in [0, 0.1) is 5.92 Å². The number of ketones is 1. The summed E-state index contributed by atoms with van der Waals surface area (Å²) in [5.41, 5.74) is 0.445. The van der Waals surface area contributed by atoms with Crippen LogP contribution in [0.15, 0.2) is 30.3 Å². The van der Waals surface area contributed by atoms with Crippen molar-refractivity contribution >= 4 is 34.0 Å². The van der Waals surface area contributed by atoms with Gasteiger partial charge in [-0.25, -0.2) is 0 Å². The number of ether oxygens (including phenoxy) is 1. The minimum atomic E-state index is -4.82. The standard InChI is InChI=1S/C22H23F3N2O5S/c1-2-16-11-17(19(30)13-3-5-15(6-4-13)32-22(23,24)25)21(33-16)26-20(31)14-7-9-27(10-8-14)12-18(28)29/h3-6,11,14H,2,7-10,12H2,1H3,(H,26,31)(H,28,29). The van der Waals surface area contributed by atoms with Crippen LogP contribution in [0.25, 0.3) is 0 Å². The molecule has 1 amide bonds. The third-order valence-electron chi connectivity index (χ3n) is 5.28. The summed E-state index contributed by atoms with van der Waals surface area (Å²) in [5.74, 6) is -2.30. The molecule has 178 valence electrons. The van der Waals surface area contributed by atoms with E-state index in [4.69, 9.17) is 5.11 Å². The quantitative estimate of drug-likeness (QED) is 0.546. The van der Waals surface area contributed by atoms with Crippen molar-refractivity contribution in [3.05, 3.63) is 46.3 Å². The number of aliphatic carboxylic acids is 1. The Bertz CT molecular complexity index is 1010. The number of benzene rings is 1. The first-order valence-electron chi connectivity index (χ1n) is 10.3. The summed E-state index contributed by atoms with van der Waals surface area (Å²) < 4.78 is 40.9. The van der Waals surface area contributed by atoms with E-state index in [1.54, 1.807) is 11.0 Å². The first-order chi connectivity index (χ1) is 15.6. The smallest absolute Gasteiger partial charge is 0.480 e. The predicted molar refractivity (Wildman–Crippen MR) is 116 cm³/mol. The number of thiophene rings is 1. The van der Waals surface area contributed by atoms with Crippen LogP contribution in [0.1, 0.15) is 40.6 Å². The fourth-order valence-electron chi connectivity index (χ4n) is 3.60. The molecule has 0 spiro atoms. The van der Waals surface area contributed by atoms with Crippen LogP contribution in [0.4, 0.5) is 18.2 Å². The van der Waals surface area contributed by atoms with Crippen LogP contribution in [-0.2, 0) is 16.0 Å². The summed E-state index contributed by atoms with van der Waals surface area (Å²) in [4.78, 5) is 39.3. The van der Waals surface area contributed by atoms with Crippen LogP contribution in [0.2, 0.25) is 0 Å². The highest BCUT2D eigenvalue weighted by molar-refractivity contribution is 7.16. The van der Waals surface area contributed by atoms with Gasteiger partial charge in [-0.3, -0.25) is 19.3 Å². The number of aryl methyl sites for hydroxylation is 1. The van der Waals surface area contributed by atoms with Gasteiger partial charge in [0.05, 0.1) is 12.1 Å². The number of carboxylic acid groups (broad SMARTS) is 1. The Morgan fingerprint density at radius 1 is 1.18 bits per heavy atom. The maximum Gasteiger partial charge on any atom is 0.573 e. The van der Waals surface area contributed by atoms with Crippen molar-refractivity contribution < 1.29 is 37.4 Å². The fourth-order valence-corrected chi connectivity index (χ4v) is 4.60. The second-order valence-corrected chi connectivity index (χ2v) is 8.78. The molecular formula is C22H23F3N2O5S. The Morgan fingerprint density at radius 3 is 2.36 bits per heavy atom. The molecule has 1 aromatic carbocycles. The Hall–Kier alpha value is -2.92. The number of carbonyl (C=O) groups excluding carboxylic acids is 2. The Kier molecular flexibility index (Phi) is 7.75. The lowest BCUT2D eigenvalue weighted by Crippen LogP contribution is -2.40. The van der Waals surface area contributed by atoms with Gasteiger partial charge in [0, 0.05) is 16.4 Å². The summed E-state index contributed by atoms with van der Waals surface area (Å²) in [6, 6.07) is 6.30. The lowest BCUT2D eigenvalue weighted by molar-refractivity contribution is -0.274. The molecule has 3 rings (SSSR count). The third kappa shape index (κ3) is 6.78. The Balaban J connectivity index is 1.71. The van der Waals surface area contributed by atoms with Gasteiger partial charge in [-0.1, -0.05) is 6.92 Å². The SMILES string of the molecule is CCc1cc(C(=O)c2ccc(OC(F)(F)F)cc2)c(NC(=O)C2CCN(CC(=O)O)CC2)s1. The number of hydrogen-bond donors (Lipinski definition) is 2. The van der Waals surface area contributed by atoms with E-state index in [1.807, 2.05) is 6.92 Å². The normalized spacial score (nSPS) is 15.3. The molecule has 0 bridgehead atoms. The van der Waals surface area contributed by atoms with Crippen molar-refractivity contribution in [2.45, 2.75) is 32.5 Å². The van der Waals surface area contributed by atoms with Gasteiger partial charge in [-0.05, 0) is 62.7 Å². The number of alkyl halides is 3. The second kappa shape index (κ2) is 10.3. The summed E-state index contributed by atoms with van der Waals surface area (Å²) in [6.45, 7) is 2.83. The van der Waals surface area contributed by atoms with Gasteiger partial charge in [0.15, 0.2) is 5.78 Å². The molecule has 0 saturated carbocycles. The number of rotatable bonds is 8. The van der Waals surface area contributed by atoms with Crippen LogP contribution >= 0.6 is 11.3 Å². The van der Waals surface area contributed by atoms with E-state index in [0.29, 0.717) is 37.4 Å². The van der Waals surface area contributed by atoms with E-state index >= 15 is 0 Å². The monoisotopic (exact) mass is 484 g/mol. The molecule has 11 heteroatoms. The van der Waals surface area contributed by atoms with Crippen molar-refractivity contribution in [1.29, 1.82) is 0 Å². The minimum Gasteiger partial charge on any atom is -0.480 e. The third-order valence-corrected chi connectivity index (χ3v) is 6.48. The lowest BCUT2D eigenvalue weighted by Gasteiger charge is -2.29. The van der Waals surface area contributed by atoms with E-state index in [0.717, 1.165) is 17.0 Å². The van der Waals surface area contributed by atoms with Gasteiger partial charge >= 0.3 is 12.3 Å². The van der Waals surface area contributed by atoms with Gasteiger partial charge in [0.1, 0.15) is 10.8 Å². The van der Waals surface area contributed by atoms with E-state index in [-0.39, 0.29) is 29.5 Å². The van der Waals surface area contributed by atoms with Crippen molar-refractivity contribution in [3.8, 4) is 5.75 Å². The molecule has 1 fully saturated rings. The molecule has 2 N–H and O–H groups in total. The number of nitrogens with one attached hydrogen (secondary N) is 1. The molecule has 0 aliphatic carbocycles. The molecule has 0 radical (unpaired) electrons. The molecule has 7 nitrogen and oxygen atoms in total. The number of carbonyl (C=O) groups is 3. The number of piperidine rings is 1. The van der Waals surface area contributed by atoms with Crippen molar-refractivity contribution in [3.63, 3.8) is 0 Å². The first-order valence-corrected chi connectivity index (χ1v) is 11.2. The lowest BCUT2D eigenvalue weighted by atomic mass is 9.96. The van der Waals surface area contributed by atoms with Crippen molar-refractivity contribution in [2.24, 2.45) is 5.92 Å². The predicted octanol–water partition coefficient (Wildman–Crippen LogP) is 4.18. The molecule has 1 aromatic heterocycles.